The van der Waals surface area contributed by atoms with Gasteiger partial charge < -0.3 is 10.6 Å². The number of anilines is 1. The van der Waals surface area contributed by atoms with Crippen molar-refractivity contribution in [3.8, 4) is 0 Å². The number of halogens is 3. The molecule has 0 atom stereocenters. The van der Waals surface area contributed by atoms with E-state index in [4.69, 9.17) is 0 Å². The molecular formula is C15H13F3N2O. The Kier molecular flexibility index (Phi) is 4.81. The summed E-state index contributed by atoms with van der Waals surface area (Å²) in [6.07, 6.45) is 0.331. The van der Waals surface area contributed by atoms with Gasteiger partial charge in [-0.1, -0.05) is 18.2 Å². The molecule has 0 saturated carbocycles. The van der Waals surface area contributed by atoms with Crippen LogP contribution in [-0.2, 0) is 6.42 Å². The third-order valence-electron chi connectivity index (χ3n) is 2.82. The van der Waals surface area contributed by atoms with Crippen LogP contribution in [0.1, 0.15) is 5.56 Å². The van der Waals surface area contributed by atoms with E-state index in [0.717, 1.165) is 12.1 Å². The van der Waals surface area contributed by atoms with Gasteiger partial charge in [0.1, 0.15) is 5.82 Å². The van der Waals surface area contributed by atoms with Gasteiger partial charge >= 0.3 is 6.03 Å². The Hall–Kier alpha value is -2.50. The van der Waals surface area contributed by atoms with Crippen LogP contribution < -0.4 is 10.6 Å². The number of amides is 2. The summed E-state index contributed by atoms with van der Waals surface area (Å²) < 4.78 is 39.0. The van der Waals surface area contributed by atoms with Gasteiger partial charge in [0, 0.05) is 18.3 Å². The van der Waals surface area contributed by atoms with Crippen molar-refractivity contribution in [1.82, 2.24) is 5.32 Å². The molecule has 2 aromatic carbocycles. The molecule has 110 valence electrons. The van der Waals surface area contributed by atoms with Crippen molar-refractivity contribution in [2.75, 3.05) is 11.9 Å². The van der Waals surface area contributed by atoms with Gasteiger partial charge in [-0.15, -0.1) is 0 Å². The number of carbonyl (C=O) groups excluding carboxylic acids is 1. The van der Waals surface area contributed by atoms with Crippen LogP contribution >= 0.6 is 0 Å². The van der Waals surface area contributed by atoms with Crippen molar-refractivity contribution in [1.29, 1.82) is 0 Å². The number of hydrogen-bond acceptors (Lipinski definition) is 1. The first-order valence-electron chi connectivity index (χ1n) is 6.29. The zero-order valence-electron chi connectivity index (χ0n) is 11.0. The number of hydrogen-bond donors (Lipinski definition) is 2. The van der Waals surface area contributed by atoms with E-state index >= 15 is 0 Å². The third-order valence-corrected chi connectivity index (χ3v) is 2.82. The standard InChI is InChI=1S/C15H13F3N2O/c16-12-4-2-1-3-10(12)7-8-19-15(21)20-11-5-6-13(17)14(18)9-11/h1-6,9H,7-8H2,(H2,19,20,21). The van der Waals surface area contributed by atoms with Crippen LogP contribution in [0.15, 0.2) is 42.5 Å². The third kappa shape index (κ3) is 4.24. The van der Waals surface area contributed by atoms with Crippen molar-refractivity contribution in [3.63, 3.8) is 0 Å². The van der Waals surface area contributed by atoms with E-state index in [-0.39, 0.29) is 18.0 Å². The quantitative estimate of drug-likeness (QED) is 0.890. The highest BCUT2D eigenvalue weighted by Gasteiger charge is 2.06. The summed E-state index contributed by atoms with van der Waals surface area (Å²) in [5, 5.41) is 4.87. The van der Waals surface area contributed by atoms with E-state index in [2.05, 4.69) is 10.6 Å². The molecule has 2 N–H and O–H groups in total. The van der Waals surface area contributed by atoms with Gasteiger partial charge in [-0.25, -0.2) is 18.0 Å². The number of urea groups is 1. The monoisotopic (exact) mass is 294 g/mol. The van der Waals surface area contributed by atoms with Crippen molar-refractivity contribution in [3.05, 3.63) is 65.5 Å². The van der Waals surface area contributed by atoms with Gasteiger partial charge in [-0.05, 0) is 30.2 Å². The van der Waals surface area contributed by atoms with Gasteiger partial charge in [-0.2, -0.15) is 0 Å². The maximum Gasteiger partial charge on any atom is 0.319 e. The molecule has 0 spiro atoms. The molecule has 0 aliphatic heterocycles. The van der Waals surface area contributed by atoms with E-state index in [1.807, 2.05) is 0 Å². The van der Waals surface area contributed by atoms with Gasteiger partial charge in [-0.3, -0.25) is 0 Å². The predicted octanol–water partition coefficient (Wildman–Crippen LogP) is 3.47. The van der Waals surface area contributed by atoms with E-state index in [9.17, 15) is 18.0 Å². The summed E-state index contributed by atoms with van der Waals surface area (Å²) in [6, 6.07) is 8.74. The first kappa shape index (κ1) is 14.9. The molecule has 2 rings (SSSR count). The van der Waals surface area contributed by atoms with E-state index in [1.54, 1.807) is 18.2 Å². The average molecular weight is 294 g/mol. The highest BCUT2D eigenvalue weighted by atomic mass is 19.2. The molecule has 0 aromatic heterocycles. The lowest BCUT2D eigenvalue weighted by Crippen LogP contribution is -2.30. The second kappa shape index (κ2) is 6.78. The van der Waals surface area contributed by atoms with Crippen LogP contribution in [0.2, 0.25) is 0 Å². The molecule has 0 fully saturated rings. The summed E-state index contributed by atoms with van der Waals surface area (Å²) in [5.41, 5.74) is 0.628. The summed E-state index contributed by atoms with van der Waals surface area (Å²) in [5.74, 6) is -2.36. The summed E-state index contributed by atoms with van der Waals surface area (Å²) in [7, 11) is 0. The number of benzene rings is 2. The van der Waals surface area contributed by atoms with E-state index < -0.39 is 17.7 Å². The second-order valence-corrected chi connectivity index (χ2v) is 4.35. The largest absolute Gasteiger partial charge is 0.338 e. The van der Waals surface area contributed by atoms with Crippen molar-refractivity contribution in [2.45, 2.75) is 6.42 Å². The van der Waals surface area contributed by atoms with Crippen molar-refractivity contribution >= 4 is 11.7 Å². The second-order valence-electron chi connectivity index (χ2n) is 4.35. The van der Waals surface area contributed by atoms with Gasteiger partial charge in [0.15, 0.2) is 11.6 Å². The average Bonchev–Trinajstić information content (AvgIpc) is 2.45. The highest BCUT2D eigenvalue weighted by molar-refractivity contribution is 5.89. The molecule has 0 aliphatic rings. The Bertz CT molecular complexity index is 647. The number of nitrogens with one attached hydrogen (secondary N) is 2. The first-order valence-corrected chi connectivity index (χ1v) is 6.29. The molecule has 0 bridgehead atoms. The summed E-state index contributed by atoms with van der Waals surface area (Å²) in [6.45, 7) is 0.219. The Morgan fingerprint density at radius 2 is 1.71 bits per heavy atom. The smallest absolute Gasteiger partial charge is 0.319 e. The van der Waals surface area contributed by atoms with Crippen LogP contribution in [0.25, 0.3) is 0 Å². The highest BCUT2D eigenvalue weighted by Crippen LogP contribution is 2.12. The Morgan fingerprint density at radius 3 is 2.43 bits per heavy atom. The lowest BCUT2D eigenvalue weighted by molar-refractivity contribution is 0.252. The van der Waals surface area contributed by atoms with Gasteiger partial charge in [0.05, 0.1) is 0 Å². The lowest BCUT2D eigenvalue weighted by Gasteiger charge is -2.08. The van der Waals surface area contributed by atoms with Gasteiger partial charge in [0.25, 0.3) is 0 Å². The number of carbonyl (C=O) groups is 1. The topological polar surface area (TPSA) is 41.1 Å². The Balaban J connectivity index is 1.82. The fraction of sp³-hybridized carbons (Fsp3) is 0.133. The molecule has 2 amide bonds. The fourth-order valence-electron chi connectivity index (χ4n) is 1.76. The molecule has 6 heteroatoms. The van der Waals surface area contributed by atoms with Crippen LogP contribution in [0, 0.1) is 17.5 Å². The number of rotatable bonds is 4. The molecule has 21 heavy (non-hydrogen) atoms. The lowest BCUT2D eigenvalue weighted by atomic mass is 10.1. The van der Waals surface area contributed by atoms with Crippen LogP contribution in [0.4, 0.5) is 23.7 Å². The van der Waals surface area contributed by atoms with E-state index in [0.29, 0.717) is 12.0 Å². The van der Waals surface area contributed by atoms with Crippen LogP contribution in [0.5, 0.6) is 0 Å². The minimum Gasteiger partial charge on any atom is -0.338 e. The first-order chi connectivity index (χ1) is 10.1. The van der Waals surface area contributed by atoms with Crippen molar-refractivity contribution in [2.24, 2.45) is 0 Å². The predicted molar refractivity (Wildman–Crippen MR) is 73.5 cm³/mol. The van der Waals surface area contributed by atoms with Gasteiger partial charge in [0.2, 0.25) is 0 Å². The summed E-state index contributed by atoms with van der Waals surface area (Å²) in [4.78, 5) is 11.6. The molecule has 0 heterocycles. The molecule has 0 saturated heterocycles. The minimum absolute atomic E-state index is 0.136. The zero-order valence-corrected chi connectivity index (χ0v) is 11.0. The molecule has 3 nitrogen and oxygen atoms in total. The molecule has 0 unspecified atom stereocenters. The Labute approximate surface area is 119 Å². The van der Waals surface area contributed by atoms with Crippen LogP contribution in [-0.4, -0.2) is 12.6 Å². The maximum absolute atomic E-state index is 13.3. The molecule has 0 radical (unpaired) electrons. The fourth-order valence-corrected chi connectivity index (χ4v) is 1.76. The zero-order chi connectivity index (χ0) is 15.2. The molecule has 2 aromatic rings. The molecular weight excluding hydrogens is 281 g/mol. The van der Waals surface area contributed by atoms with Crippen molar-refractivity contribution < 1.29 is 18.0 Å². The summed E-state index contributed by atoms with van der Waals surface area (Å²) >= 11 is 0. The van der Waals surface area contributed by atoms with E-state index in [1.165, 1.54) is 12.1 Å². The SMILES string of the molecule is O=C(NCCc1ccccc1F)Nc1ccc(F)c(F)c1. The minimum atomic E-state index is -1.04. The van der Waals surface area contributed by atoms with Crippen LogP contribution in [0.3, 0.4) is 0 Å². The maximum atomic E-state index is 13.3. The molecule has 0 aliphatic carbocycles. The Morgan fingerprint density at radius 1 is 0.952 bits per heavy atom. The normalized spacial score (nSPS) is 10.2.